The van der Waals surface area contributed by atoms with Gasteiger partial charge in [-0.25, -0.2) is 0 Å². The van der Waals surface area contributed by atoms with Crippen molar-refractivity contribution in [3.63, 3.8) is 0 Å². The molecule has 6 heteroatoms. The summed E-state index contributed by atoms with van der Waals surface area (Å²) in [5, 5.41) is 4.46. The van der Waals surface area contributed by atoms with Gasteiger partial charge in [0.15, 0.2) is 11.5 Å². The highest BCUT2D eigenvalue weighted by Gasteiger charge is 2.25. The minimum absolute atomic E-state index is 0.117. The van der Waals surface area contributed by atoms with Crippen molar-refractivity contribution in [2.75, 3.05) is 20.8 Å². The smallest absolute Gasteiger partial charge is 0.227 e. The molecule has 0 fully saturated rings. The molecule has 1 aromatic heterocycles. The van der Waals surface area contributed by atoms with Crippen LogP contribution in [-0.4, -0.2) is 41.4 Å². The predicted octanol–water partition coefficient (Wildman–Crippen LogP) is 1.87. The molecular formula is C18H23N3O3. The molecule has 24 heavy (non-hydrogen) atoms. The van der Waals surface area contributed by atoms with Crippen molar-refractivity contribution in [1.82, 2.24) is 14.7 Å². The Morgan fingerprint density at radius 3 is 2.71 bits per heavy atom. The van der Waals surface area contributed by atoms with Crippen molar-refractivity contribution in [2.45, 2.75) is 26.3 Å². The van der Waals surface area contributed by atoms with Crippen LogP contribution in [0.25, 0.3) is 0 Å². The molecule has 1 amide bonds. The van der Waals surface area contributed by atoms with Crippen molar-refractivity contribution in [3.8, 4) is 11.5 Å². The lowest BCUT2D eigenvalue weighted by Gasteiger charge is -2.27. The molecule has 0 unspecified atom stereocenters. The molecule has 1 aliphatic heterocycles. The first-order chi connectivity index (χ1) is 11.5. The number of ether oxygens (including phenoxy) is 2. The highest BCUT2D eigenvalue weighted by atomic mass is 16.5. The summed E-state index contributed by atoms with van der Waals surface area (Å²) in [5.74, 6) is 1.43. The van der Waals surface area contributed by atoms with E-state index < -0.39 is 0 Å². The Hall–Kier alpha value is -2.50. The van der Waals surface area contributed by atoms with E-state index in [0.717, 1.165) is 29.9 Å². The van der Waals surface area contributed by atoms with Crippen LogP contribution < -0.4 is 9.47 Å². The number of carbonyl (C=O) groups excluding carboxylic acids is 1. The third kappa shape index (κ3) is 2.96. The van der Waals surface area contributed by atoms with Crippen molar-refractivity contribution >= 4 is 5.91 Å². The van der Waals surface area contributed by atoms with Gasteiger partial charge < -0.3 is 14.4 Å². The van der Waals surface area contributed by atoms with Crippen LogP contribution in [0.15, 0.2) is 18.2 Å². The van der Waals surface area contributed by atoms with Gasteiger partial charge in [0.25, 0.3) is 0 Å². The summed E-state index contributed by atoms with van der Waals surface area (Å²) in [4.78, 5) is 14.6. The molecule has 0 radical (unpaired) electrons. The number of aryl methyl sites for hydroxylation is 2. The fourth-order valence-electron chi connectivity index (χ4n) is 3.27. The van der Waals surface area contributed by atoms with E-state index in [1.165, 1.54) is 5.56 Å². The average Bonchev–Trinajstić information content (AvgIpc) is 2.88. The summed E-state index contributed by atoms with van der Waals surface area (Å²) < 4.78 is 12.4. The Kier molecular flexibility index (Phi) is 4.46. The van der Waals surface area contributed by atoms with Gasteiger partial charge in [-0.1, -0.05) is 6.07 Å². The maximum atomic E-state index is 12.7. The molecule has 2 aromatic rings. The molecule has 0 saturated carbocycles. The normalized spacial score (nSPS) is 13.6. The Balaban J connectivity index is 1.73. The zero-order valence-corrected chi connectivity index (χ0v) is 14.6. The van der Waals surface area contributed by atoms with Crippen molar-refractivity contribution in [3.05, 3.63) is 40.7 Å². The van der Waals surface area contributed by atoms with Crippen LogP contribution in [0.5, 0.6) is 11.5 Å². The quantitative estimate of drug-likeness (QED) is 0.859. The maximum Gasteiger partial charge on any atom is 0.227 e. The highest BCUT2D eigenvalue weighted by Crippen LogP contribution is 2.28. The lowest BCUT2D eigenvalue weighted by Crippen LogP contribution is -2.37. The minimum atomic E-state index is 0.117. The molecule has 1 aliphatic rings. The third-order valence-corrected chi connectivity index (χ3v) is 4.60. The molecule has 6 nitrogen and oxygen atoms in total. The van der Waals surface area contributed by atoms with E-state index in [2.05, 4.69) is 5.10 Å². The highest BCUT2D eigenvalue weighted by molar-refractivity contribution is 5.79. The molecule has 128 valence electrons. The summed E-state index contributed by atoms with van der Waals surface area (Å²) in [6.45, 7) is 3.39. The van der Waals surface area contributed by atoms with Crippen molar-refractivity contribution in [2.24, 2.45) is 7.05 Å². The molecular weight excluding hydrogens is 306 g/mol. The summed E-state index contributed by atoms with van der Waals surface area (Å²) >= 11 is 0. The summed E-state index contributed by atoms with van der Waals surface area (Å²) in [6, 6.07) is 5.60. The Labute approximate surface area is 142 Å². The van der Waals surface area contributed by atoms with Gasteiger partial charge in [0.1, 0.15) is 0 Å². The first-order valence-electron chi connectivity index (χ1n) is 8.03. The molecule has 0 saturated heterocycles. The largest absolute Gasteiger partial charge is 0.493 e. The first-order valence-corrected chi connectivity index (χ1v) is 8.03. The fourth-order valence-corrected chi connectivity index (χ4v) is 3.27. The lowest BCUT2D eigenvalue weighted by molar-refractivity contribution is -0.131. The van der Waals surface area contributed by atoms with Crippen LogP contribution in [0.1, 0.15) is 22.5 Å². The van der Waals surface area contributed by atoms with Gasteiger partial charge in [0.2, 0.25) is 5.91 Å². The van der Waals surface area contributed by atoms with Gasteiger partial charge in [0, 0.05) is 13.6 Å². The van der Waals surface area contributed by atoms with E-state index in [4.69, 9.17) is 9.47 Å². The molecule has 2 heterocycles. The molecule has 0 atom stereocenters. The zero-order valence-electron chi connectivity index (χ0n) is 14.6. The molecule has 0 spiro atoms. The van der Waals surface area contributed by atoms with Gasteiger partial charge in [0.05, 0.1) is 38.6 Å². The monoisotopic (exact) mass is 329 g/mol. The van der Waals surface area contributed by atoms with Gasteiger partial charge in [-0.05, 0) is 36.6 Å². The van der Waals surface area contributed by atoms with Gasteiger partial charge in [-0.15, -0.1) is 0 Å². The molecule has 0 N–H and O–H groups in total. The topological polar surface area (TPSA) is 56.6 Å². The van der Waals surface area contributed by atoms with Gasteiger partial charge >= 0.3 is 0 Å². The van der Waals surface area contributed by atoms with Gasteiger partial charge in [-0.3, -0.25) is 9.48 Å². The van der Waals surface area contributed by atoms with Crippen molar-refractivity contribution < 1.29 is 14.3 Å². The number of aromatic nitrogens is 2. The average molecular weight is 329 g/mol. The Morgan fingerprint density at radius 1 is 1.25 bits per heavy atom. The Morgan fingerprint density at radius 2 is 2.00 bits per heavy atom. The van der Waals surface area contributed by atoms with Crippen LogP contribution in [0.4, 0.5) is 0 Å². The summed E-state index contributed by atoms with van der Waals surface area (Å²) in [6.07, 6.45) is 1.22. The van der Waals surface area contributed by atoms with Crippen LogP contribution in [0.3, 0.4) is 0 Å². The van der Waals surface area contributed by atoms with Crippen molar-refractivity contribution in [1.29, 1.82) is 0 Å². The minimum Gasteiger partial charge on any atom is -0.493 e. The van der Waals surface area contributed by atoms with E-state index in [-0.39, 0.29) is 5.91 Å². The number of amides is 1. The van der Waals surface area contributed by atoms with Crippen LogP contribution in [0, 0.1) is 6.92 Å². The van der Waals surface area contributed by atoms with Gasteiger partial charge in [-0.2, -0.15) is 5.10 Å². The van der Waals surface area contributed by atoms with E-state index in [1.54, 1.807) is 14.2 Å². The Bertz CT molecular complexity index is 767. The SMILES string of the molecule is COc1ccc(CC(=O)N2CCc3c(C)nn(C)c3C2)cc1OC. The van der Waals surface area contributed by atoms with E-state index in [1.807, 2.05) is 41.8 Å². The fraction of sp³-hybridized carbons (Fsp3) is 0.444. The van der Waals surface area contributed by atoms with Crippen LogP contribution >= 0.6 is 0 Å². The maximum absolute atomic E-state index is 12.7. The number of benzene rings is 1. The number of rotatable bonds is 4. The second-order valence-electron chi connectivity index (χ2n) is 6.07. The molecule has 0 bridgehead atoms. The predicted molar refractivity (Wildman–Crippen MR) is 90.3 cm³/mol. The van der Waals surface area contributed by atoms with Crippen LogP contribution in [0.2, 0.25) is 0 Å². The lowest BCUT2D eigenvalue weighted by atomic mass is 10.0. The van der Waals surface area contributed by atoms with E-state index in [9.17, 15) is 4.79 Å². The second kappa shape index (κ2) is 6.55. The summed E-state index contributed by atoms with van der Waals surface area (Å²) in [5.41, 5.74) is 4.41. The van der Waals surface area contributed by atoms with Crippen LogP contribution in [-0.2, 0) is 31.2 Å². The number of methoxy groups -OCH3 is 2. The van der Waals surface area contributed by atoms with E-state index in [0.29, 0.717) is 24.5 Å². The number of nitrogens with zero attached hydrogens (tertiary/aromatic N) is 3. The number of hydrogen-bond acceptors (Lipinski definition) is 4. The standard InChI is InChI=1S/C18H23N3O3/c1-12-14-7-8-21(11-15(14)20(2)19-12)18(22)10-13-5-6-16(23-3)17(9-13)24-4/h5-6,9H,7-8,10-11H2,1-4H3. The first kappa shape index (κ1) is 16.4. The summed E-state index contributed by atoms with van der Waals surface area (Å²) in [7, 11) is 5.14. The third-order valence-electron chi connectivity index (χ3n) is 4.60. The molecule has 3 rings (SSSR count). The number of carbonyl (C=O) groups is 1. The molecule has 1 aromatic carbocycles. The number of hydrogen-bond donors (Lipinski definition) is 0. The molecule has 0 aliphatic carbocycles. The van der Waals surface area contributed by atoms with E-state index >= 15 is 0 Å². The second-order valence-corrected chi connectivity index (χ2v) is 6.07. The zero-order chi connectivity index (χ0) is 17.3. The number of fused-ring (bicyclic) bond motifs is 1.